The molecule has 0 aliphatic rings. The van der Waals surface area contributed by atoms with Crippen molar-refractivity contribution >= 4 is 12.1 Å². The number of nitrogens with zero attached hydrogens (tertiary/aromatic N) is 2. The molecule has 0 spiro atoms. The molecule has 1 aromatic heterocycles. The third kappa shape index (κ3) is 4.18. The van der Waals surface area contributed by atoms with E-state index < -0.39 is 0 Å². The van der Waals surface area contributed by atoms with Gasteiger partial charge in [-0.2, -0.15) is 5.10 Å². The van der Waals surface area contributed by atoms with Crippen LogP contribution in [0.3, 0.4) is 0 Å². The first kappa shape index (κ1) is 14.3. The van der Waals surface area contributed by atoms with Gasteiger partial charge in [0.1, 0.15) is 18.1 Å². The maximum Gasteiger partial charge on any atom is 0.289 e. The van der Waals surface area contributed by atoms with Crippen molar-refractivity contribution in [1.29, 1.82) is 0 Å². The summed E-state index contributed by atoms with van der Waals surface area (Å²) in [5.41, 5.74) is 3.42. The number of hydrogen-bond donors (Lipinski definition) is 1. The SMILES string of the molecule is C#CCOc1ccccc1/C=N\NC(=O)c1ccccn1. The van der Waals surface area contributed by atoms with Crippen LogP contribution < -0.4 is 10.2 Å². The normalized spacial score (nSPS) is 10.0. The molecule has 104 valence electrons. The minimum absolute atomic E-state index is 0.172. The van der Waals surface area contributed by atoms with Crippen molar-refractivity contribution < 1.29 is 9.53 Å². The highest BCUT2D eigenvalue weighted by Gasteiger charge is 2.04. The van der Waals surface area contributed by atoms with Gasteiger partial charge in [-0.1, -0.05) is 24.1 Å². The van der Waals surface area contributed by atoms with Crippen molar-refractivity contribution in [3.8, 4) is 18.1 Å². The Bertz CT molecular complexity index is 675. The molecule has 0 aliphatic carbocycles. The summed E-state index contributed by atoms with van der Waals surface area (Å²) in [7, 11) is 0. The highest BCUT2D eigenvalue weighted by Crippen LogP contribution is 2.15. The van der Waals surface area contributed by atoms with E-state index in [4.69, 9.17) is 11.2 Å². The molecule has 2 rings (SSSR count). The zero-order valence-corrected chi connectivity index (χ0v) is 11.2. The summed E-state index contributed by atoms with van der Waals surface area (Å²) in [6.45, 7) is 0.172. The molecule has 1 heterocycles. The third-order valence-electron chi connectivity index (χ3n) is 2.50. The summed E-state index contributed by atoms with van der Waals surface area (Å²) in [5, 5.41) is 3.89. The molecule has 0 saturated heterocycles. The number of carbonyl (C=O) groups excluding carboxylic acids is 1. The molecular weight excluding hydrogens is 266 g/mol. The van der Waals surface area contributed by atoms with E-state index in [0.29, 0.717) is 17.0 Å². The Morgan fingerprint density at radius 3 is 2.90 bits per heavy atom. The minimum Gasteiger partial charge on any atom is -0.480 e. The van der Waals surface area contributed by atoms with Gasteiger partial charge < -0.3 is 4.74 Å². The lowest BCUT2D eigenvalue weighted by Gasteiger charge is -2.05. The maximum atomic E-state index is 11.7. The van der Waals surface area contributed by atoms with Crippen LogP contribution in [0.5, 0.6) is 5.75 Å². The molecule has 2 aromatic rings. The first-order valence-electron chi connectivity index (χ1n) is 6.21. The summed E-state index contributed by atoms with van der Waals surface area (Å²) in [6.07, 6.45) is 8.19. The smallest absolute Gasteiger partial charge is 0.289 e. The van der Waals surface area contributed by atoms with Crippen molar-refractivity contribution in [2.45, 2.75) is 0 Å². The molecule has 0 fully saturated rings. The molecule has 5 nitrogen and oxygen atoms in total. The monoisotopic (exact) mass is 279 g/mol. The van der Waals surface area contributed by atoms with E-state index in [-0.39, 0.29) is 12.5 Å². The first-order chi connectivity index (χ1) is 10.3. The average molecular weight is 279 g/mol. The zero-order valence-electron chi connectivity index (χ0n) is 11.2. The third-order valence-corrected chi connectivity index (χ3v) is 2.50. The number of terminal acetylenes is 1. The fourth-order valence-electron chi connectivity index (χ4n) is 1.55. The van der Waals surface area contributed by atoms with Gasteiger partial charge in [0.2, 0.25) is 0 Å². The van der Waals surface area contributed by atoms with Crippen LogP contribution in [0, 0.1) is 12.3 Å². The van der Waals surface area contributed by atoms with Gasteiger partial charge in [0.25, 0.3) is 5.91 Å². The Morgan fingerprint density at radius 2 is 2.14 bits per heavy atom. The van der Waals surface area contributed by atoms with Crippen LogP contribution >= 0.6 is 0 Å². The summed E-state index contributed by atoms with van der Waals surface area (Å²) in [4.78, 5) is 15.7. The summed E-state index contributed by atoms with van der Waals surface area (Å²) in [5.74, 6) is 2.62. The molecule has 1 aromatic carbocycles. The van der Waals surface area contributed by atoms with E-state index in [1.165, 1.54) is 6.21 Å². The van der Waals surface area contributed by atoms with Crippen LogP contribution in [-0.4, -0.2) is 23.7 Å². The number of pyridine rings is 1. The van der Waals surface area contributed by atoms with Gasteiger partial charge in [-0.3, -0.25) is 9.78 Å². The summed E-state index contributed by atoms with van der Waals surface area (Å²) in [6, 6.07) is 12.3. The number of benzene rings is 1. The Labute approximate surface area is 122 Å². The van der Waals surface area contributed by atoms with Gasteiger partial charge in [-0.05, 0) is 24.3 Å². The average Bonchev–Trinajstić information content (AvgIpc) is 2.54. The second kappa shape index (κ2) is 7.46. The Hall–Kier alpha value is -3.13. The van der Waals surface area contributed by atoms with Crippen LogP contribution in [-0.2, 0) is 0 Å². The predicted molar refractivity (Wildman–Crippen MR) is 80.1 cm³/mol. The number of aromatic nitrogens is 1. The van der Waals surface area contributed by atoms with Crippen molar-refractivity contribution in [3.63, 3.8) is 0 Å². The van der Waals surface area contributed by atoms with Gasteiger partial charge in [0, 0.05) is 11.8 Å². The minimum atomic E-state index is -0.381. The maximum absolute atomic E-state index is 11.7. The van der Waals surface area contributed by atoms with Crippen molar-refractivity contribution in [2.75, 3.05) is 6.61 Å². The van der Waals surface area contributed by atoms with Gasteiger partial charge in [-0.25, -0.2) is 5.43 Å². The number of hydrazone groups is 1. The predicted octanol–water partition coefficient (Wildman–Crippen LogP) is 1.86. The van der Waals surface area contributed by atoms with Crippen LogP contribution in [0.25, 0.3) is 0 Å². The van der Waals surface area contributed by atoms with Gasteiger partial charge in [0.15, 0.2) is 0 Å². The van der Waals surface area contributed by atoms with Crippen molar-refractivity contribution in [3.05, 3.63) is 59.9 Å². The number of hydrogen-bond acceptors (Lipinski definition) is 4. The highest BCUT2D eigenvalue weighted by atomic mass is 16.5. The summed E-state index contributed by atoms with van der Waals surface area (Å²) >= 11 is 0. The second-order valence-electron chi connectivity index (χ2n) is 3.94. The standard InChI is InChI=1S/C16H13N3O2/c1-2-11-21-15-9-4-3-7-13(15)12-18-19-16(20)14-8-5-6-10-17-14/h1,3-10,12H,11H2,(H,19,20)/b18-12-. The van der Waals surface area contributed by atoms with E-state index in [9.17, 15) is 4.79 Å². The molecule has 0 unspecified atom stereocenters. The lowest BCUT2D eigenvalue weighted by atomic mass is 10.2. The quantitative estimate of drug-likeness (QED) is 0.516. The molecule has 0 saturated carbocycles. The van der Waals surface area contributed by atoms with Crippen LogP contribution in [0.2, 0.25) is 0 Å². The number of ether oxygens (including phenoxy) is 1. The molecule has 0 atom stereocenters. The van der Waals surface area contributed by atoms with E-state index in [1.54, 1.807) is 30.5 Å². The Morgan fingerprint density at radius 1 is 1.33 bits per heavy atom. The van der Waals surface area contributed by atoms with Crippen LogP contribution in [0.1, 0.15) is 16.1 Å². The number of nitrogens with one attached hydrogen (secondary N) is 1. The van der Waals surface area contributed by atoms with E-state index in [2.05, 4.69) is 21.4 Å². The highest BCUT2D eigenvalue weighted by molar-refractivity contribution is 5.93. The first-order valence-corrected chi connectivity index (χ1v) is 6.21. The van der Waals surface area contributed by atoms with Crippen molar-refractivity contribution in [1.82, 2.24) is 10.4 Å². The van der Waals surface area contributed by atoms with E-state index in [0.717, 1.165) is 0 Å². The Kier molecular flexibility index (Phi) is 5.07. The van der Waals surface area contributed by atoms with E-state index >= 15 is 0 Å². The second-order valence-corrected chi connectivity index (χ2v) is 3.94. The fourth-order valence-corrected chi connectivity index (χ4v) is 1.55. The molecule has 0 radical (unpaired) electrons. The number of para-hydroxylation sites is 1. The number of carbonyl (C=O) groups is 1. The zero-order chi connectivity index (χ0) is 14.9. The lowest BCUT2D eigenvalue weighted by molar-refractivity contribution is 0.0950. The van der Waals surface area contributed by atoms with Crippen molar-refractivity contribution in [2.24, 2.45) is 5.10 Å². The molecule has 1 N–H and O–H groups in total. The summed E-state index contributed by atoms with van der Waals surface area (Å²) < 4.78 is 5.38. The number of amides is 1. The number of rotatable bonds is 5. The van der Waals surface area contributed by atoms with Gasteiger partial charge in [0.05, 0.1) is 6.21 Å². The van der Waals surface area contributed by atoms with Gasteiger partial charge in [-0.15, -0.1) is 6.42 Å². The molecular formula is C16H13N3O2. The Balaban J connectivity index is 2.02. The van der Waals surface area contributed by atoms with E-state index in [1.807, 2.05) is 18.2 Å². The van der Waals surface area contributed by atoms with Gasteiger partial charge >= 0.3 is 0 Å². The molecule has 5 heteroatoms. The largest absolute Gasteiger partial charge is 0.480 e. The van der Waals surface area contributed by atoms with Crippen LogP contribution in [0.15, 0.2) is 53.8 Å². The van der Waals surface area contributed by atoms with Crippen LogP contribution in [0.4, 0.5) is 0 Å². The molecule has 0 aliphatic heterocycles. The molecule has 0 bridgehead atoms. The topological polar surface area (TPSA) is 63.6 Å². The fraction of sp³-hybridized carbons (Fsp3) is 0.0625. The lowest BCUT2D eigenvalue weighted by Crippen LogP contribution is -2.18. The molecule has 1 amide bonds. The molecule has 21 heavy (non-hydrogen) atoms.